The molecule has 0 aromatic heterocycles. The molecule has 1 amide bonds. The van der Waals surface area contributed by atoms with Gasteiger partial charge in [0.1, 0.15) is 0 Å². The molecule has 2 aliphatic rings. The number of sulfonamides is 1. The standard InChI is InChI=1S/C25H32BrN3O4S/c26-24-6-2-5-22(16-24)19-34(31,32)29-9-7-23(8-10-29)25(30)27-17-20-3-1-4-21(15-20)18-28-11-13-33-14-12-28/h1-6,15-16,23H,7-14,17-19H2,(H,27,30). The third-order valence-electron chi connectivity index (χ3n) is 6.42. The van der Waals surface area contributed by atoms with Crippen LogP contribution in [0.5, 0.6) is 0 Å². The summed E-state index contributed by atoms with van der Waals surface area (Å²) in [7, 11) is -3.41. The molecule has 2 aromatic carbocycles. The molecule has 0 saturated carbocycles. The van der Waals surface area contributed by atoms with Crippen LogP contribution >= 0.6 is 15.9 Å². The molecule has 0 unspecified atom stereocenters. The number of carbonyl (C=O) groups is 1. The zero-order valence-electron chi connectivity index (χ0n) is 19.3. The number of nitrogens with zero attached hydrogens (tertiary/aromatic N) is 2. The predicted octanol–water partition coefficient (Wildman–Crippen LogP) is 3.14. The number of hydrogen-bond donors (Lipinski definition) is 1. The Morgan fingerprint density at radius 3 is 2.38 bits per heavy atom. The summed E-state index contributed by atoms with van der Waals surface area (Å²) in [5, 5.41) is 3.05. The van der Waals surface area contributed by atoms with Crippen LogP contribution in [0.3, 0.4) is 0 Å². The van der Waals surface area contributed by atoms with Crippen LogP contribution in [-0.2, 0) is 38.4 Å². The quantitative estimate of drug-likeness (QED) is 0.547. The lowest BCUT2D eigenvalue weighted by Crippen LogP contribution is -2.43. The Morgan fingerprint density at radius 1 is 0.971 bits per heavy atom. The van der Waals surface area contributed by atoms with Gasteiger partial charge in [-0.25, -0.2) is 12.7 Å². The number of rotatable bonds is 8. The van der Waals surface area contributed by atoms with Gasteiger partial charge in [0.25, 0.3) is 0 Å². The van der Waals surface area contributed by atoms with Crippen LogP contribution < -0.4 is 5.32 Å². The Morgan fingerprint density at radius 2 is 1.65 bits per heavy atom. The average molecular weight is 551 g/mol. The van der Waals surface area contributed by atoms with E-state index in [-0.39, 0.29) is 17.6 Å². The number of hydrogen-bond acceptors (Lipinski definition) is 5. The SMILES string of the molecule is O=C(NCc1cccc(CN2CCOCC2)c1)C1CCN(S(=O)(=O)Cc2cccc(Br)c2)CC1. The fraction of sp³-hybridized carbons (Fsp3) is 0.480. The van der Waals surface area contributed by atoms with E-state index in [9.17, 15) is 13.2 Å². The van der Waals surface area contributed by atoms with E-state index < -0.39 is 10.0 Å². The Bertz CT molecular complexity index is 1080. The Hall–Kier alpha value is -1.78. The van der Waals surface area contributed by atoms with Crippen molar-refractivity contribution in [2.24, 2.45) is 5.92 Å². The first-order valence-electron chi connectivity index (χ1n) is 11.8. The molecule has 0 aliphatic carbocycles. The van der Waals surface area contributed by atoms with Gasteiger partial charge < -0.3 is 10.1 Å². The molecule has 1 N–H and O–H groups in total. The molecule has 4 rings (SSSR count). The summed E-state index contributed by atoms with van der Waals surface area (Å²) in [4.78, 5) is 15.1. The number of piperidine rings is 1. The minimum absolute atomic E-state index is 0.00243. The first-order chi connectivity index (χ1) is 16.4. The maximum absolute atomic E-state index is 12.8. The van der Waals surface area contributed by atoms with Crippen molar-refractivity contribution in [2.45, 2.75) is 31.7 Å². The number of amides is 1. The molecule has 2 fully saturated rings. The zero-order valence-corrected chi connectivity index (χ0v) is 21.7. The van der Waals surface area contributed by atoms with Gasteiger partial charge in [-0.2, -0.15) is 0 Å². The molecule has 9 heteroatoms. The number of ether oxygens (including phenoxy) is 1. The van der Waals surface area contributed by atoms with E-state index in [0.717, 1.165) is 48.4 Å². The second kappa shape index (κ2) is 11.8. The number of nitrogens with one attached hydrogen (secondary N) is 1. The third kappa shape index (κ3) is 7.11. The second-order valence-corrected chi connectivity index (χ2v) is 11.9. The fourth-order valence-corrected chi connectivity index (χ4v) is 6.51. The van der Waals surface area contributed by atoms with Crippen LogP contribution in [0.4, 0.5) is 0 Å². The third-order valence-corrected chi connectivity index (χ3v) is 8.77. The van der Waals surface area contributed by atoms with Crippen molar-refractivity contribution < 1.29 is 17.9 Å². The van der Waals surface area contributed by atoms with Gasteiger partial charge in [-0.3, -0.25) is 9.69 Å². The highest BCUT2D eigenvalue weighted by Crippen LogP contribution is 2.23. The highest BCUT2D eigenvalue weighted by atomic mass is 79.9. The minimum atomic E-state index is -3.41. The van der Waals surface area contributed by atoms with Gasteiger partial charge in [0.05, 0.1) is 19.0 Å². The second-order valence-electron chi connectivity index (χ2n) is 8.99. The number of carbonyl (C=O) groups excluding carboxylic acids is 1. The lowest BCUT2D eigenvalue weighted by atomic mass is 9.97. The zero-order chi connectivity index (χ0) is 24.0. The normalized spacial score (nSPS) is 18.6. The summed E-state index contributed by atoms with van der Waals surface area (Å²) in [6.07, 6.45) is 1.08. The van der Waals surface area contributed by atoms with E-state index in [1.54, 1.807) is 0 Å². The summed E-state index contributed by atoms with van der Waals surface area (Å²) in [6.45, 7) is 5.57. The molecule has 0 atom stereocenters. The van der Waals surface area contributed by atoms with E-state index in [1.807, 2.05) is 36.4 Å². The Balaban J connectivity index is 1.24. The summed E-state index contributed by atoms with van der Waals surface area (Å²) < 4.78 is 33.5. The van der Waals surface area contributed by atoms with Gasteiger partial charge in [-0.1, -0.05) is 52.3 Å². The van der Waals surface area contributed by atoms with Gasteiger partial charge in [-0.15, -0.1) is 0 Å². The van der Waals surface area contributed by atoms with E-state index in [4.69, 9.17) is 4.74 Å². The molecule has 2 heterocycles. The number of morpholine rings is 1. The van der Waals surface area contributed by atoms with E-state index in [0.29, 0.717) is 32.5 Å². The molecule has 184 valence electrons. The Kier molecular flexibility index (Phi) is 8.76. The van der Waals surface area contributed by atoms with Crippen molar-refractivity contribution >= 4 is 31.9 Å². The van der Waals surface area contributed by atoms with Crippen LogP contribution in [0.15, 0.2) is 53.0 Å². The Labute approximate surface area is 210 Å². The van der Waals surface area contributed by atoms with E-state index in [2.05, 4.69) is 38.3 Å². The van der Waals surface area contributed by atoms with Crippen molar-refractivity contribution in [3.05, 3.63) is 69.7 Å². The lowest BCUT2D eigenvalue weighted by Gasteiger charge is -2.30. The molecule has 2 aliphatic heterocycles. The van der Waals surface area contributed by atoms with Gasteiger partial charge in [0.2, 0.25) is 15.9 Å². The average Bonchev–Trinajstić information content (AvgIpc) is 2.83. The van der Waals surface area contributed by atoms with Gasteiger partial charge in [0, 0.05) is 49.7 Å². The van der Waals surface area contributed by atoms with Crippen LogP contribution in [0, 0.1) is 5.92 Å². The molecule has 0 radical (unpaired) electrons. The van der Waals surface area contributed by atoms with Crippen molar-refractivity contribution in [3.63, 3.8) is 0 Å². The van der Waals surface area contributed by atoms with E-state index >= 15 is 0 Å². The predicted molar refractivity (Wildman–Crippen MR) is 135 cm³/mol. The van der Waals surface area contributed by atoms with Crippen molar-refractivity contribution in [2.75, 3.05) is 39.4 Å². The van der Waals surface area contributed by atoms with Gasteiger partial charge >= 0.3 is 0 Å². The minimum Gasteiger partial charge on any atom is -0.379 e. The summed E-state index contributed by atoms with van der Waals surface area (Å²) in [6, 6.07) is 15.7. The first-order valence-corrected chi connectivity index (χ1v) is 14.2. The molecular weight excluding hydrogens is 518 g/mol. The summed E-state index contributed by atoms with van der Waals surface area (Å²) in [5.41, 5.74) is 3.07. The van der Waals surface area contributed by atoms with E-state index in [1.165, 1.54) is 9.87 Å². The van der Waals surface area contributed by atoms with Crippen LogP contribution in [0.1, 0.15) is 29.5 Å². The maximum Gasteiger partial charge on any atom is 0.223 e. The summed E-state index contributed by atoms with van der Waals surface area (Å²) >= 11 is 3.39. The first kappa shape index (κ1) is 25.3. The molecule has 34 heavy (non-hydrogen) atoms. The topological polar surface area (TPSA) is 79.0 Å². The van der Waals surface area contributed by atoms with Crippen molar-refractivity contribution in [1.82, 2.24) is 14.5 Å². The van der Waals surface area contributed by atoms with Crippen molar-refractivity contribution in [3.8, 4) is 0 Å². The van der Waals surface area contributed by atoms with Crippen LogP contribution in [-0.4, -0.2) is 62.9 Å². The summed E-state index contributed by atoms with van der Waals surface area (Å²) in [5.74, 6) is -0.180. The largest absolute Gasteiger partial charge is 0.379 e. The van der Waals surface area contributed by atoms with Crippen LogP contribution in [0.2, 0.25) is 0 Å². The van der Waals surface area contributed by atoms with Gasteiger partial charge in [0.15, 0.2) is 0 Å². The van der Waals surface area contributed by atoms with Gasteiger partial charge in [-0.05, 0) is 41.7 Å². The van der Waals surface area contributed by atoms with Crippen LogP contribution in [0.25, 0.3) is 0 Å². The molecule has 0 bridgehead atoms. The molecule has 2 aromatic rings. The molecule has 0 spiro atoms. The maximum atomic E-state index is 12.8. The fourth-order valence-electron chi connectivity index (χ4n) is 4.51. The van der Waals surface area contributed by atoms with Crippen molar-refractivity contribution in [1.29, 1.82) is 0 Å². The monoisotopic (exact) mass is 549 g/mol. The molecular formula is C25H32BrN3O4S. The number of halogens is 1. The highest BCUT2D eigenvalue weighted by Gasteiger charge is 2.31. The molecule has 7 nitrogen and oxygen atoms in total. The molecule has 2 saturated heterocycles. The number of benzene rings is 2. The highest BCUT2D eigenvalue weighted by molar-refractivity contribution is 9.10. The smallest absolute Gasteiger partial charge is 0.223 e. The lowest BCUT2D eigenvalue weighted by molar-refractivity contribution is -0.126.